The summed E-state index contributed by atoms with van der Waals surface area (Å²) in [6.07, 6.45) is 0. The van der Waals surface area contributed by atoms with Crippen LogP contribution in [0.3, 0.4) is 0 Å². The molecule has 0 bridgehead atoms. The van der Waals surface area contributed by atoms with E-state index in [1.165, 1.54) is 26.4 Å². The van der Waals surface area contributed by atoms with Gasteiger partial charge < -0.3 is 14.8 Å². The number of nitrogens with zero attached hydrogens (tertiary/aromatic N) is 1. The Morgan fingerprint density at radius 3 is 2.42 bits per heavy atom. The van der Waals surface area contributed by atoms with Crippen molar-refractivity contribution in [1.82, 2.24) is 4.90 Å². The van der Waals surface area contributed by atoms with E-state index < -0.39 is 29.4 Å². The normalized spacial score (nSPS) is 19.8. The van der Waals surface area contributed by atoms with Crippen LogP contribution in [-0.4, -0.2) is 54.3 Å². The lowest BCUT2D eigenvalue weighted by Gasteiger charge is -2.26. The fourth-order valence-corrected chi connectivity index (χ4v) is 3.71. The van der Waals surface area contributed by atoms with Gasteiger partial charge in [0.05, 0.1) is 24.3 Å². The summed E-state index contributed by atoms with van der Waals surface area (Å²) < 4.78 is 9.39. The number of hydrogen-bond acceptors (Lipinski definition) is 6. The highest BCUT2D eigenvalue weighted by Crippen LogP contribution is 2.32. The standard InChI is InChI=1S/C14H14Cl2N2O5S/c1-22-12(19)10-6-24-11(13(20)23-2)18(10)14(21)17-7-3-4-8(15)9(16)5-7/h3-5,10-11H,6H2,1-2H3,(H,17,21)/t10-,11-/m0/s1. The van der Waals surface area contributed by atoms with Crippen LogP contribution in [0.2, 0.25) is 10.0 Å². The molecule has 10 heteroatoms. The number of benzene rings is 1. The summed E-state index contributed by atoms with van der Waals surface area (Å²) in [6.45, 7) is 0. The lowest BCUT2D eigenvalue weighted by atomic mass is 10.3. The summed E-state index contributed by atoms with van der Waals surface area (Å²) in [4.78, 5) is 37.5. The molecule has 1 aromatic carbocycles. The number of halogens is 2. The smallest absolute Gasteiger partial charge is 0.339 e. The van der Waals surface area contributed by atoms with Gasteiger partial charge in [0.2, 0.25) is 0 Å². The van der Waals surface area contributed by atoms with Gasteiger partial charge >= 0.3 is 18.0 Å². The van der Waals surface area contributed by atoms with Gasteiger partial charge in [-0.1, -0.05) is 23.2 Å². The summed E-state index contributed by atoms with van der Waals surface area (Å²) in [5, 5.41) is 2.24. The summed E-state index contributed by atoms with van der Waals surface area (Å²) in [5.74, 6) is -1.02. The summed E-state index contributed by atoms with van der Waals surface area (Å²) in [6, 6.07) is 2.99. The van der Waals surface area contributed by atoms with E-state index in [-0.39, 0.29) is 10.8 Å². The zero-order valence-electron chi connectivity index (χ0n) is 12.7. The van der Waals surface area contributed by atoms with Crippen LogP contribution in [0.25, 0.3) is 0 Å². The molecule has 1 aromatic rings. The van der Waals surface area contributed by atoms with E-state index in [1.807, 2.05) is 0 Å². The zero-order valence-corrected chi connectivity index (χ0v) is 15.1. The van der Waals surface area contributed by atoms with Gasteiger partial charge in [-0.25, -0.2) is 14.4 Å². The Morgan fingerprint density at radius 1 is 1.17 bits per heavy atom. The topological polar surface area (TPSA) is 84.9 Å². The predicted molar refractivity (Wildman–Crippen MR) is 91.4 cm³/mol. The maximum absolute atomic E-state index is 12.6. The van der Waals surface area contributed by atoms with Gasteiger partial charge in [0, 0.05) is 11.4 Å². The molecule has 1 aliphatic rings. The Morgan fingerprint density at radius 2 is 1.83 bits per heavy atom. The quantitative estimate of drug-likeness (QED) is 0.795. The number of thioether (sulfide) groups is 1. The Bertz CT molecular complexity index is 649. The molecular weight excluding hydrogens is 379 g/mol. The second-order valence-electron chi connectivity index (χ2n) is 4.71. The highest BCUT2D eigenvalue weighted by Gasteiger charge is 2.46. The molecule has 1 fully saturated rings. The van der Waals surface area contributed by atoms with Crippen molar-refractivity contribution < 1.29 is 23.9 Å². The van der Waals surface area contributed by atoms with E-state index in [4.69, 9.17) is 27.9 Å². The van der Waals surface area contributed by atoms with Crippen LogP contribution < -0.4 is 5.32 Å². The van der Waals surface area contributed by atoms with E-state index in [0.29, 0.717) is 10.7 Å². The summed E-state index contributed by atoms with van der Waals surface area (Å²) >= 11 is 12.9. The number of nitrogens with one attached hydrogen (secondary N) is 1. The largest absolute Gasteiger partial charge is 0.467 e. The number of urea groups is 1. The predicted octanol–water partition coefficient (Wildman–Crippen LogP) is 2.61. The molecule has 0 spiro atoms. The molecule has 0 radical (unpaired) electrons. The van der Waals surface area contributed by atoms with Crippen LogP contribution in [0.15, 0.2) is 18.2 Å². The van der Waals surface area contributed by atoms with Crippen LogP contribution in [-0.2, 0) is 19.1 Å². The maximum atomic E-state index is 12.6. The Kier molecular flexibility index (Phi) is 6.20. The molecule has 7 nitrogen and oxygen atoms in total. The summed E-state index contributed by atoms with van der Waals surface area (Å²) in [5.41, 5.74) is 0.374. The van der Waals surface area contributed by atoms with E-state index in [2.05, 4.69) is 10.1 Å². The van der Waals surface area contributed by atoms with Gasteiger partial charge in [0.1, 0.15) is 6.04 Å². The number of carbonyl (C=O) groups excluding carboxylic acids is 3. The first-order chi connectivity index (χ1) is 11.4. The summed E-state index contributed by atoms with van der Waals surface area (Å²) in [7, 11) is 2.43. The fraction of sp³-hybridized carbons (Fsp3) is 0.357. The number of methoxy groups -OCH3 is 2. The van der Waals surface area contributed by atoms with Gasteiger partial charge in [-0.3, -0.25) is 4.90 Å². The molecule has 1 saturated heterocycles. The average molecular weight is 393 g/mol. The molecule has 1 aliphatic heterocycles. The van der Waals surface area contributed by atoms with Gasteiger partial charge in [0.15, 0.2) is 5.37 Å². The third-order valence-electron chi connectivity index (χ3n) is 3.28. The second kappa shape index (κ2) is 7.96. The third kappa shape index (κ3) is 3.88. The highest BCUT2D eigenvalue weighted by atomic mass is 35.5. The number of rotatable bonds is 3. The number of anilines is 1. The fourth-order valence-electron chi connectivity index (χ4n) is 2.12. The van der Waals surface area contributed by atoms with Crippen molar-refractivity contribution in [3.8, 4) is 0 Å². The van der Waals surface area contributed by atoms with Crippen molar-refractivity contribution in [1.29, 1.82) is 0 Å². The zero-order chi connectivity index (χ0) is 17.9. The number of hydrogen-bond donors (Lipinski definition) is 1. The van der Waals surface area contributed by atoms with Crippen LogP contribution in [0.5, 0.6) is 0 Å². The molecule has 1 heterocycles. The first kappa shape index (κ1) is 18.7. The maximum Gasteiger partial charge on any atom is 0.339 e. The molecule has 0 aliphatic carbocycles. The van der Waals surface area contributed by atoms with Gasteiger partial charge in [-0.15, -0.1) is 11.8 Å². The number of amides is 2. The lowest BCUT2D eigenvalue weighted by Crippen LogP contribution is -2.50. The van der Waals surface area contributed by atoms with Crippen LogP contribution >= 0.6 is 35.0 Å². The van der Waals surface area contributed by atoms with Crippen molar-refractivity contribution in [3.05, 3.63) is 28.2 Å². The monoisotopic (exact) mass is 392 g/mol. The number of carbonyl (C=O) groups is 3. The van der Waals surface area contributed by atoms with Crippen LogP contribution in [0.4, 0.5) is 10.5 Å². The number of ether oxygens (including phenoxy) is 2. The van der Waals surface area contributed by atoms with Crippen molar-refractivity contribution in [2.45, 2.75) is 11.4 Å². The van der Waals surface area contributed by atoms with E-state index >= 15 is 0 Å². The van der Waals surface area contributed by atoms with Crippen molar-refractivity contribution >= 4 is 58.6 Å². The molecule has 2 amide bonds. The van der Waals surface area contributed by atoms with Crippen LogP contribution in [0, 0.1) is 0 Å². The highest BCUT2D eigenvalue weighted by molar-refractivity contribution is 8.00. The Hall–Kier alpha value is -1.64. The average Bonchev–Trinajstić information content (AvgIpc) is 3.01. The minimum absolute atomic E-state index is 0.223. The molecule has 1 N–H and O–H groups in total. The first-order valence-corrected chi connectivity index (χ1v) is 8.51. The Labute approximate surface area is 152 Å². The second-order valence-corrected chi connectivity index (χ2v) is 6.64. The minimum atomic E-state index is -0.943. The molecule has 0 saturated carbocycles. The SMILES string of the molecule is COC(=O)[C@@H]1CS[C@@H](C(=O)OC)N1C(=O)Nc1ccc(Cl)c(Cl)c1. The molecule has 0 unspecified atom stereocenters. The van der Waals surface area contributed by atoms with Gasteiger partial charge in [-0.2, -0.15) is 0 Å². The van der Waals surface area contributed by atoms with Crippen molar-refractivity contribution in [2.75, 3.05) is 25.3 Å². The third-order valence-corrected chi connectivity index (χ3v) is 5.26. The first-order valence-electron chi connectivity index (χ1n) is 6.70. The minimum Gasteiger partial charge on any atom is -0.467 e. The van der Waals surface area contributed by atoms with Crippen molar-refractivity contribution in [3.63, 3.8) is 0 Å². The van der Waals surface area contributed by atoms with Crippen molar-refractivity contribution in [2.24, 2.45) is 0 Å². The molecule has 0 aromatic heterocycles. The number of esters is 2. The van der Waals surface area contributed by atoms with Crippen LogP contribution in [0.1, 0.15) is 0 Å². The van der Waals surface area contributed by atoms with Gasteiger partial charge in [0.25, 0.3) is 0 Å². The molecule has 130 valence electrons. The molecule has 2 atom stereocenters. The molecular formula is C14H14Cl2N2O5S. The van der Waals surface area contributed by atoms with E-state index in [1.54, 1.807) is 6.07 Å². The van der Waals surface area contributed by atoms with E-state index in [9.17, 15) is 14.4 Å². The van der Waals surface area contributed by atoms with E-state index in [0.717, 1.165) is 16.7 Å². The lowest BCUT2D eigenvalue weighted by molar-refractivity contribution is -0.147. The Balaban J connectivity index is 2.24. The molecule has 2 rings (SSSR count). The molecule has 24 heavy (non-hydrogen) atoms. The van der Waals surface area contributed by atoms with Gasteiger partial charge in [-0.05, 0) is 18.2 Å².